The van der Waals surface area contributed by atoms with Gasteiger partial charge in [0.05, 0.1) is 48.4 Å². The van der Waals surface area contributed by atoms with Crippen LogP contribution in [0.2, 0.25) is 0 Å². The van der Waals surface area contributed by atoms with Crippen LogP contribution in [-0.4, -0.2) is 127 Å². The number of piperidine rings is 2. The Hall–Kier alpha value is -7.32. The topological polar surface area (TPSA) is 242 Å². The molecule has 6 aromatic rings. The first-order chi connectivity index (χ1) is 33.7. The highest BCUT2D eigenvalue weighted by Crippen LogP contribution is 2.47. The monoisotopic (exact) mass is 952 g/mol. The van der Waals surface area contributed by atoms with Crippen molar-refractivity contribution in [1.29, 1.82) is 0 Å². The molecule has 70 heavy (non-hydrogen) atoms. The van der Waals surface area contributed by atoms with Gasteiger partial charge in [0.25, 0.3) is 11.8 Å². The van der Waals surface area contributed by atoms with Crippen molar-refractivity contribution in [3.8, 4) is 11.5 Å². The third-order valence-corrected chi connectivity index (χ3v) is 15.1. The first kappa shape index (κ1) is 45.1. The Balaban J connectivity index is 0.000000152. The Morgan fingerprint density at radius 2 is 1.06 bits per heavy atom. The Kier molecular flexibility index (Phi) is 11.1. The number of aliphatic hydroxyl groups is 2. The van der Waals surface area contributed by atoms with E-state index in [0.717, 1.165) is 99.0 Å². The van der Waals surface area contributed by atoms with E-state index in [1.54, 1.807) is 46.0 Å². The molecular formula is C50H56N12O8. The van der Waals surface area contributed by atoms with Gasteiger partial charge < -0.3 is 50.8 Å². The number of aliphatic hydroxyl groups excluding tert-OH is 2. The average molecular weight is 953 g/mol. The third kappa shape index (κ3) is 8.37. The number of nitrogens with zero attached hydrogens (tertiary/aromatic N) is 8. The lowest BCUT2D eigenvalue weighted by Gasteiger charge is -2.40. The highest BCUT2D eigenvalue weighted by molar-refractivity contribution is 6.10. The number of hydrogen-bond acceptors (Lipinski definition) is 14. The zero-order valence-corrected chi connectivity index (χ0v) is 39.2. The van der Waals surface area contributed by atoms with Crippen LogP contribution in [0.25, 0.3) is 11.3 Å². The Morgan fingerprint density at radius 3 is 1.43 bits per heavy atom. The van der Waals surface area contributed by atoms with Gasteiger partial charge in [-0.3, -0.25) is 19.2 Å². The minimum absolute atomic E-state index is 0.0163. The summed E-state index contributed by atoms with van der Waals surface area (Å²) in [5.41, 5.74) is 5.42. The van der Waals surface area contributed by atoms with Crippen molar-refractivity contribution in [2.75, 3.05) is 72.9 Å². The SMILES string of the molecule is C[C@@]1(CO)Cc2cc(NC(=O)c3cnn4cccnc34)c(N3CCC4(CC3)CNC(=O)C4)cc2O1.C[C@]1(CO)Cc2cc(NC(=O)c3cnn4cccnc34)c(N3CCC4(CC3)CNC(=O)C4)cc2O1. The number of ether oxygens (including phenoxy) is 2. The van der Waals surface area contributed by atoms with Crippen molar-refractivity contribution < 1.29 is 38.9 Å². The van der Waals surface area contributed by atoms with Crippen LogP contribution in [0.15, 0.2) is 73.6 Å². The van der Waals surface area contributed by atoms with E-state index in [-0.39, 0.29) is 47.7 Å². The van der Waals surface area contributed by atoms with Crippen LogP contribution in [0.4, 0.5) is 22.7 Å². The van der Waals surface area contributed by atoms with Gasteiger partial charge in [-0.1, -0.05) is 0 Å². The molecule has 2 aromatic carbocycles. The second-order valence-electron chi connectivity index (χ2n) is 20.4. The van der Waals surface area contributed by atoms with Gasteiger partial charge in [-0.05, 0) is 74.6 Å². The number of nitrogens with one attached hydrogen (secondary N) is 4. The number of rotatable bonds is 8. The molecule has 4 saturated heterocycles. The summed E-state index contributed by atoms with van der Waals surface area (Å²) in [4.78, 5) is 63.4. The molecule has 2 spiro atoms. The van der Waals surface area contributed by atoms with Crippen molar-refractivity contribution in [2.24, 2.45) is 10.8 Å². The largest absolute Gasteiger partial charge is 0.484 e. The van der Waals surface area contributed by atoms with E-state index in [1.165, 1.54) is 12.4 Å². The molecule has 20 heteroatoms. The Labute approximate surface area is 402 Å². The molecule has 20 nitrogen and oxygen atoms in total. The van der Waals surface area contributed by atoms with E-state index in [0.29, 0.717) is 59.5 Å². The lowest BCUT2D eigenvalue weighted by Crippen LogP contribution is -2.41. The molecule has 12 rings (SSSR count). The molecule has 10 heterocycles. The number of anilines is 4. The van der Waals surface area contributed by atoms with Gasteiger partial charge in [-0.25, -0.2) is 19.0 Å². The van der Waals surface area contributed by atoms with E-state index in [2.05, 4.69) is 51.2 Å². The molecule has 4 fully saturated rings. The standard InChI is InChI=1S/2C25H28N6O4/c2*1-24(15-32)11-16-9-18(29-23(34)17-13-28-31-6-2-5-26-22(17)31)19(10-20(16)35-24)30-7-3-25(4-8-30)12-21(33)27-14-25/h2*2,5-6,9-10,13,32H,3-4,7-8,11-12,14-15H2,1H3,(H,27,33)(H,29,34)/t2*24-/m10/s1. The number of carbonyl (C=O) groups is 4. The van der Waals surface area contributed by atoms with Gasteiger partial charge in [-0.2, -0.15) is 10.2 Å². The summed E-state index contributed by atoms with van der Waals surface area (Å²) in [6.07, 6.45) is 15.6. The minimum Gasteiger partial charge on any atom is -0.484 e. The van der Waals surface area contributed by atoms with Crippen LogP contribution in [0.1, 0.15) is 84.2 Å². The maximum atomic E-state index is 13.3. The third-order valence-electron chi connectivity index (χ3n) is 15.1. The summed E-state index contributed by atoms with van der Waals surface area (Å²) in [6.45, 7) is 8.10. The van der Waals surface area contributed by atoms with E-state index in [4.69, 9.17) is 9.47 Å². The van der Waals surface area contributed by atoms with Crippen LogP contribution in [0, 0.1) is 10.8 Å². The molecule has 2 atom stereocenters. The van der Waals surface area contributed by atoms with Gasteiger partial charge in [0.1, 0.15) is 33.8 Å². The molecule has 6 aliphatic heterocycles. The number of aromatic nitrogens is 6. The van der Waals surface area contributed by atoms with Crippen LogP contribution in [-0.2, 0) is 22.4 Å². The van der Waals surface area contributed by atoms with Crippen LogP contribution >= 0.6 is 0 Å². The molecular weight excluding hydrogens is 897 g/mol. The second-order valence-corrected chi connectivity index (χ2v) is 20.4. The van der Waals surface area contributed by atoms with Gasteiger partial charge in [-0.15, -0.1) is 0 Å². The molecule has 6 N–H and O–H groups in total. The van der Waals surface area contributed by atoms with E-state index >= 15 is 0 Å². The zero-order valence-electron chi connectivity index (χ0n) is 39.2. The number of benzene rings is 2. The number of hydrogen-bond donors (Lipinski definition) is 6. The predicted octanol–water partition coefficient (Wildman–Crippen LogP) is 3.55. The molecule has 0 bridgehead atoms. The van der Waals surface area contributed by atoms with Crippen molar-refractivity contribution in [3.05, 3.63) is 95.8 Å². The van der Waals surface area contributed by atoms with Gasteiger partial charge in [0, 0.05) is 113 Å². The summed E-state index contributed by atoms with van der Waals surface area (Å²) >= 11 is 0. The highest BCUT2D eigenvalue weighted by atomic mass is 16.5. The van der Waals surface area contributed by atoms with E-state index in [1.807, 2.05) is 38.1 Å². The summed E-state index contributed by atoms with van der Waals surface area (Å²) in [7, 11) is 0. The second kappa shape index (κ2) is 17.3. The maximum Gasteiger partial charge on any atom is 0.261 e. The van der Waals surface area contributed by atoms with Crippen molar-refractivity contribution in [1.82, 2.24) is 39.8 Å². The first-order valence-corrected chi connectivity index (χ1v) is 23.9. The van der Waals surface area contributed by atoms with Gasteiger partial charge in [0.2, 0.25) is 11.8 Å². The van der Waals surface area contributed by atoms with Crippen molar-refractivity contribution in [2.45, 2.75) is 76.4 Å². The van der Waals surface area contributed by atoms with Crippen LogP contribution in [0.5, 0.6) is 11.5 Å². The smallest absolute Gasteiger partial charge is 0.261 e. The van der Waals surface area contributed by atoms with Crippen LogP contribution in [0.3, 0.4) is 0 Å². The molecule has 0 unspecified atom stereocenters. The zero-order chi connectivity index (χ0) is 48.4. The molecule has 0 radical (unpaired) electrons. The fraction of sp³-hybridized carbons (Fsp3) is 0.440. The average Bonchev–Trinajstić information content (AvgIpc) is 4.23. The van der Waals surface area contributed by atoms with Crippen LogP contribution < -0.4 is 40.5 Å². The molecule has 0 aliphatic carbocycles. The molecule has 4 aromatic heterocycles. The Morgan fingerprint density at radius 1 is 0.643 bits per heavy atom. The predicted molar refractivity (Wildman–Crippen MR) is 257 cm³/mol. The maximum absolute atomic E-state index is 13.3. The normalized spacial score (nSPS) is 22.8. The first-order valence-electron chi connectivity index (χ1n) is 23.9. The molecule has 6 aliphatic rings. The molecule has 0 saturated carbocycles. The molecule has 364 valence electrons. The van der Waals surface area contributed by atoms with E-state index in [9.17, 15) is 29.4 Å². The minimum atomic E-state index is -0.684. The summed E-state index contributed by atoms with van der Waals surface area (Å²) < 4.78 is 15.3. The number of carbonyl (C=O) groups excluding carboxylic acids is 4. The van der Waals surface area contributed by atoms with Gasteiger partial charge in [0.15, 0.2) is 11.3 Å². The van der Waals surface area contributed by atoms with E-state index < -0.39 is 11.2 Å². The summed E-state index contributed by atoms with van der Waals surface area (Å²) in [6, 6.07) is 11.4. The highest BCUT2D eigenvalue weighted by Gasteiger charge is 2.44. The number of amides is 4. The summed E-state index contributed by atoms with van der Waals surface area (Å²) in [5, 5.41) is 40.3. The fourth-order valence-electron chi connectivity index (χ4n) is 11.0. The van der Waals surface area contributed by atoms with Crippen molar-refractivity contribution >= 4 is 57.7 Å². The number of fused-ring (bicyclic) bond motifs is 4. The quantitative estimate of drug-likeness (QED) is 0.128. The lowest BCUT2D eigenvalue weighted by atomic mass is 9.77. The summed E-state index contributed by atoms with van der Waals surface area (Å²) in [5.74, 6) is 1.13. The van der Waals surface area contributed by atoms with Crippen molar-refractivity contribution in [3.63, 3.8) is 0 Å². The Bertz CT molecular complexity index is 2860. The molecule has 4 amide bonds. The lowest BCUT2D eigenvalue weighted by molar-refractivity contribution is -0.120. The van der Waals surface area contributed by atoms with Gasteiger partial charge >= 0.3 is 0 Å². The fourth-order valence-corrected chi connectivity index (χ4v) is 11.0.